The Hall–Kier alpha value is -0.420. The summed E-state index contributed by atoms with van der Waals surface area (Å²) in [6.45, 7) is 0. The van der Waals surface area contributed by atoms with Crippen molar-refractivity contribution in [3.8, 4) is 0 Å². The van der Waals surface area contributed by atoms with E-state index in [-0.39, 0.29) is 22.9 Å². The average molecular weight is 254 g/mol. The van der Waals surface area contributed by atoms with Gasteiger partial charge in [0.1, 0.15) is 6.10 Å². The predicted octanol–water partition coefficient (Wildman–Crippen LogP) is 1.90. The van der Waals surface area contributed by atoms with Crippen LogP contribution in [0.25, 0.3) is 0 Å². The predicted molar refractivity (Wildman–Crippen MR) is 55.5 cm³/mol. The highest BCUT2D eigenvalue weighted by atomic mass is 35.5. The van der Waals surface area contributed by atoms with E-state index in [1.165, 1.54) is 6.07 Å². The van der Waals surface area contributed by atoms with E-state index in [0.29, 0.717) is 0 Å². The van der Waals surface area contributed by atoms with Crippen LogP contribution < -0.4 is 0 Å². The number of halogens is 3. The van der Waals surface area contributed by atoms with E-state index in [0.717, 1.165) is 6.20 Å². The van der Waals surface area contributed by atoms with Crippen LogP contribution in [0.1, 0.15) is 18.1 Å². The molecular weight excluding hydrogens is 244 g/mol. The fourth-order valence-corrected chi connectivity index (χ4v) is 1.49. The molecule has 84 valence electrons. The van der Waals surface area contributed by atoms with Gasteiger partial charge in [-0.05, 0) is 12.5 Å². The van der Waals surface area contributed by atoms with E-state index in [1.54, 1.807) is 0 Å². The van der Waals surface area contributed by atoms with Crippen molar-refractivity contribution in [2.45, 2.75) is 18.6 Å². The molecule has 2 N–H and O–H groups in total. The highest BCUT2D eigenvalue weighted by molar-refractivity contribution is 6.30. The van der Waals surface area contributed by atoms with Gasteiger partial charge in [-0.3, -0.25) is 0 Å². The highest BCUT2D eigenvalue weighted by Gasteiger charge is 2.19. The lowest BCUT2D eigenvalue weighted by atomic mass is 10.0. The van der Waals surface area contributed by atoms with E-state index in [9.17, 15) is 14.6 Å². The maximum absolute atomic E-state index is 12.7. The molecule has 0 radical (unpaired) electrons. The van der Waals surface area contributed by atoms with Gasteiger partial charge in [-0.2, -0.15) is 4.39 Å². The van der Waals surface area contributed by atoms with E-state index < -0.39 is 18.2 Å². The summed E-state index contributed by atoms with van der Waals surface area (Å²) in [5, 5.41) is 18.8. The zero-order valence-electron chi connectivity index (χ0n) is 7.70. The van der Waals surface area contributed by atoms with Crippen LogP contribution in [0.4, 0.5) is 4.39 Å². The van der Waals surface area contributed by atoms with Crippen LogP contribution >= 0.6 is 23.2 Å². The van der Waals surface area contributed by atoms with Crippen molar-refractivity contribution in [2.24, 2.45) is 0 Å². The van der Waals surface area contributed by atoms with Gasteiger partial charge in [0, 0.05) is 17.6 Å². The van der Waals surface area contributed by atoms with E-state index in [2.05, 4.69) is 4.98 Å². The number of aliphatic hydroxyl groups excluding tert-OH is 2. The van der Waals surface area contributed by atoms with Gasteiger partial charge >= 0.3 is 0 Å². The molecule has 1 heterocycles. The van der Waals surface area contributed by atoms with Crippen molar-refractivity contribution >= 4 is 23.2 Å². The van der Waals surface area contributed by atoms with Crippen LogP contribution in [0.5, 0.6) is 0 Å². The lowest BCUT2D eigenvalue weighted by Gasteiger charge is -2.16. The molecular formula is C9H10Cl2FNO2. The third-order valence-corrected chi connectivity index (χ3v) is 2.41. The maximum Gasteiger partial charge on any atom is 0.231 e. The molecule has 6 heteroatoms. The molecule has 1 aromatic rings. The van der Waals surface area contributed by atoms with Crippen LogP contribution in [0.2, 0.25) is 5.02 Å². The normalized spacial score (nSPS) is 15.0. The lowest BCUT2D eigenvalue weighted by Crippen LogP contribution is -2.19. The molecule has 0 saturated carbocycles. The van der Waals surface area contributed by atoms with Gasteiger partial charge in [0.25, 0.3) is 0 Å². The monoisotopic (exact) mass is 253 g/mol. The Labute approximate surface area is 96.5 Å². The number of nitrogens with zero attached hydrogens (tertiary/aromatic N) is 1. The third-order valence-electron chi connectivity index (χ3n) is 1.93. The SMILES string of the molecule is OC(CCCl)C(O)c1cnc(F)c(Cl)c1. The molecule has 0 spiro atoms. The Kier molecular flexibility index (Phi) is 4.73. The van der Waals surface area contributed by atoms with Crippen molar-refractivity contribution < 1.29 is 14.6 Å². The first-order valence-corrected chi connectivity index (χ1v) is 5.20. The second-order valence-corrected chi connectivity index (χ2v) is 3.82. The molecule has 0 amide bonds. The number of hydrogen-bond acceptors (Lipinski definition) is 3. The number of hydrogen-bond donors (Lipinski definition) is 2. The fourth-order valence-electron chi connectivity index (χ4n) is 1.09. The Morgan fingerprint density at radius 1 is 1.47 bits per heavy atom. The molecule has 0 aliphatic heterocycles. The average Bonchev–Trinajstić information content (AvgIpc) is 2.21. The maximum atomic E-state index is 12.7. The highest BCUT2D eigenvalue weighted by Crippen LogP contribution is 2.22. The number of aliphatic hydroxyl groups is 2. The zero-order valence-corrected chi connectivity index (χ0v) is 9.21. The summed E-state index contributed by atoms with van der Waals surface area (Å²) >= 11 is 10.9. The second kappa shape index (κ2) is 5.61. The molecule has 15 heavy (non-hydrogen) atoms. The Morgan fingerprint density at radius 3 is 2.67 bits per heavy atom. The summed E-state index contributed by atoms with van der Waals surface area (Å²) in [6.07, 6.45) is -0.804. The van der Waals surface area contributed by atoms with Gasteiger partial charge in [0.05, 0.1) is 11.1 Å². The van der Waals surface area contributed by atoms with Crippen LogP contribution in [-0.2, 0) is 0 Å². The summed E-state index contributed by atoms with van der Waals surface area (Å²) < 4.78 is 12.7. The molecule has 2 atom stereocenters. The lowest BCUT2D eigenvalue weighted by molar-refractivity contribution is 0.0167. The largest absolute Gasteiger partial charge is 0.390 e. The van der Waals surface area contributed by atoms with Gasteiger partial charge < -0.3 is 10.2 Å². The van der Waals surface area contributed by atoms with E-state index in [1.807, 2.05) is 0 Å². The Balaban J connectivity index is 2.81. The minimum absolute atomic E-state index is 0.190. The quantitative estimate of drug-likeness (QED) is 0.637. The standard InChI is InChI=1S/C9H10Cl2FNO2/c10-2-1-7(14)8(15)5-3-6(11)9(12)13-4-5/h3-4,7-8,14-15H,1-2H2. The summed E-state index contributed by atoms with van der Waals surface area (Å²) in [6, 6.07) is 1.23. The van der Waals surface area contributed by atoms with Crippen molar-refractivity contribution in [1.82, 2.24) is 4.98 Å². The molecule has 0 fully saturated rings. The third kappa shape index (κ3) is 3.28. The minimum Gasteiger partial charge on any atom is -0.390 e. The first-order valence-electron chi connectivity index (χ1n) is 4.29. The number of rotatable bonds is 4. The molecule has 0 aliphatic carbocycles. The molecule has 0 aliphatic rings. The minimum atomic E-state index is -1.16. The van der Waals surface area contributed by atoms with E-state index in [4.69, 9.17) is 23.2 Å². The molecule has 1 aromatic heterocycles. The number of alkyl halides is 1. The summed E-state index contributed by atoms with van der Waals surface area (Å²) in [5.41, 5.74) is 0.263. The smallest absolute Gasteiger partial charge is 0.231 e. The topological polar surface area (TPSA) is 53.4 Å². The van der Waals surface area contributed by atoms with Crippen molar-refractivity contribution in [1.29, 1.82) is 0 Å². The Bertz CT molecular complexity index is 338. The van der Waals surface area contributed by atoms with Gasteiger partial charge in [-0.25, -0.2) is 4.98 Å². The van der Waals surface area contributed by atoms with Crippen LogP contribution in [0.3, 0.4) is 0 Å². The number of pyridine rings is 1. The van der Waals surface area contributed by atoms with Crippen LogP contribution in [0.15, 0.2) is 12.3 Å². The molecule has 3 nitrogen and oxygen atoms in total. The summed E-state index contributed by atoms with van der Waals surface area (Å²) in [7, 11) is 0. The van der Waals surface area contributed by atoms with Gasteiger partial charge in [0.15, 0.2) is 0 Å². The van der Waals surface area contributed by atoms with Crippen molar-refractivity contribution in [3.63, 3.8) is 0 Å². The Morgan fingerprint density at radius 2 is 2.13 bits per heavy atom. The van der Waals surface area contributed by atoms with Crippen LogP contribution in [0, 0.1) is 5.95 Å². The zero-order chi connectivity index (χ0) is 11.4. The van der Waals surface area contributed by atoms with Crippen molar-refractivity contribution in [2.75, 3.05) is 5.88 Å². The second-order valence-electron chi connectivity index (χ2n) is 3.03. The van der Waals surface area contributed by atoms with Gasteiger partial charge in [0.2, 0.25) is 5.95 Å². The molecule has 0 bridgehead atoms. The van der Waals surface area contributed by atoms with Crippen LogP contribution in [-0.4, -0.2) is 27.2 Å². The fraction of sp³-hybridized carbons (Fsp3) is 0.444. The first-order chi connectivity index (χ1) is 7.06. The summed E-state index contributed by atoms with van der Waals surface area (Å²) in [5.74, 6) is -0.583. The summed E-state index contributed by atoms with van der Waals surface area (Å²) in [4.78, 5) is 3.34. The molecule has 1 rings (SSSR count). The van der Waals surface area contributed by atoms with E-state index >= 15 is 0 Å². The molecule has 0 aromatic carbocycles. The molecule has 0 saturated heterocycles. The van der Waals surface area contributed by atoms with Gasteiger partial charge in [-0.15, -0.1) is 11.6 Å². The van der Waals surface area contributed by atoms with Gasteiger partial charge in [-0.1, -0.05) is 11.6 Å². The first kappa shape index (κ1) is 12.6. The molecule has 2 unspecified atom stereocenters. The number of aromatic nitrogens is 1. The van der Waals surface area contributed by atoms with Crippen molar-refractivity contribution in [3.05, 3.63) is 28.8 Å².